The summed E-state index contributed by atoms with van der Waals surface area (Å²) in [5.41, 5.74) is 17.0. The number of halogens is 1. The normalized spacial score (nSPS) is 14.6. The molecule has 0 atom stereocenters. The molecule has 0 radical (unpaired) electrons. The van der Waals surface area contributed by atoms with Gasteiger partial charge < -0.3 is 10.2 Å². The van der Waals surface area contributed by atoms with Crippen LogP contribution < -0.4 is 26.6 Å². The average molecular weight is 569 g/mol. The van der Waals surface area contributed by atoms with E-state index in [1.165, 1.54) is 55.6 Å². The molecule has 4 heteroatoms. The molecule has 0 amide bonds. The predicted molar refractivity (Wildman–Crippen MR) is 183 cm³/mol. The molecular formula is C40H30BFN2. The van der Waals surface area contributed by atoms with Crippen molar-refractivity contribution in [3.05, 3.63) is 144 Å². The Hall–Kier alpha value is -5.09. The Kier molecular flexibility index (Phi) is 5.18. The molecule has 3 aliphatic heterocycles. The van der Waals surface area contributed by atoms with Crippen LogP contribution in [0, 0.1) is 12.7 Å². The molecule has 0 aliphatic carbocycles. The lowest BCUT2D eigenvalue weighted by Gasteiger charge is -2.48. The molecule has 0 fully saturated rings. The third-order valence-corrected chi connectivity index (χ3v) is 10.1. The molecule has 44 heavy (non-hydrogen) atoms. The van der Waals surface area contributed by atoms with Gasteiger partial charge in [0.1, 0.15) is 5.82 Å². The van der Waals surface area contributed by atoms with Gasteiger partial charge in [-0.3, -0.25) is 0 Å². The van der Waals surface area contributed by atoms with E-state index in [0.29, 0.717) is 5.56 Å². The van der Waals surface area contributed by atoms with E-state index in [9.17, 15) is 0 Å². The fourth-order valence-electron chi connectivity index (χ4n) is 8.00. The zero-order chi connectivity index (χ0) is 29.7. The Balaban J connectivity index is 1.41. The first-order chi connectivity index (χ1) is 21.4. The zero-order valence-electron chi connectivity index (χ0n) is 24.9. The van der Waals surface area contributed by atoms with Crippen molar-refractivity contribution >= 4 is 51.5 Å². The topological polar surface area (TPSA) is 15.3 Å². The Morgan fingerprint density at radius 3 is 2.18 bits per heavy atom. The van der Waals surface area contributed by atoms with Crippen molar-refractivity contribution in [2.75, 3.05) is 10.2 Å². The summed E-state index contributed by atoms with van der Waals surface area (Å²) in [6, 6.07) is 42.3. The smallest absolute Gasteiger partial charge is 0.252 e. The van der Waals surface area contributed by atoms with Crippen molar-refractivity contribution in [3.63, 3.8) is 0 Å². The quantitative estimate of drug-likeness (QED) is 0.211. The lowest BCUT2D eigenvalue weighted by atomic mass is 9.33. The molecule has 0 spiro atoms. The summed E-state index contributed by atoms with van der Waals surface area (Å²) in [6.07, 6.45) is 0. The van der Waals surface area contributed by atoms with Gasteiger partial charge in [0, 0.05) is 39.3 Å². The van der Waals surface area contributed by atoms with E-state index < -0.39 is 0 Å². The summed E-state index contributed by atoms with van der Waals surface area (Å²) in [6.45, 7) is 6.87. The Morgan fingerprint density at radius 1 is 0.659 bits per heavy atom. The monoisotopic (exact) mass is 568 g/mol. The highest BCUT2D eigenvalue weighted by Crippen LogP contribution is 2.53. The van der Waals surface area contributed by atoms with Crippen LogP contribution in [0.3, 0.4) is 0 Å². The predicted octanol–water partition coefficient (Wildman–Crippen LogP) is 8.46. The lowest BCUT2D eigenvalue weighted by Crippen LogP contribution is -2.61. The molecule has 0 saturated carbocycles. The van der Waals surface area contributed by atoms with Gasteiger partial charge >= 0.3 is 0 Å². The van der Waals surface area contributed by atoms with Crippen molar-refractivity contribution in [3.8, 4) is 22.3 Å². The third-order valence-electron chi connectivity index (χ3n) is 10.1. The number of hydrogen-bond donors (Lipinski definition) is 1. The van der Waals surface area contributed by atoms with Gasteiger partial charge in [0.05, 0.1) is 5.69 Å². The molecule has 0 unspecified atom stereocenters. The number of anilines is 5. The van der Waals surface area contributed by atoms with E-state index in [4.69, 9.17) is 0 Å². The molecule has 0 aromatic heterocycles. The maximum Gasteiger partial charge on any atom is 0.252 e. The first kappa shape index (κ1) is 25.4. The maximum atomic E-state index is 15.4. The van der Waals surface area contributed by atoms with Gasteiger partial charge in [0.2, 0.25) is 0 Å². The summed E-state index contributed by atoms with van der Waals surface area (Å²) in [7, 11) is 0. The highest BCUT2D eigenvalue weighted by atomic mass is 19.1. The summed E-state index contributed by atoms with van der Waals surface area (Å²) in [5.74, 6) is -0.218. The van der Waals surface area contributed by atoms with Crippen molar-refractivity contribution in [2.24, 2.45) is 0 Å². The second-order valence-electron chi connectivity index (χ2n) is 12.8. The molecule has 3 heterocycles. The van der Waals surface area contributed by atoms with Crippen LogP contribution >= 0.6 is 0 Å². The molecule has 2 nitrogen and oxygen atoms in total. The molecule has 9 rings (SSSR count). The summed E-state index contributed by atoms with van der Waals surface area (Å²) in [4.78, 5) is 2.45. The zero-order valence-corrected chi connectivity index (χ0v) is 24.9. The minimum absolute atomic E-state index is 0.0298. The Labute approximate surface area is 257 Å². The maximum absolute atomic E-state index is 15.4. The highest BCUT2D eigenvalue weighted by molar-refractivity contribution is 7.00. The van der Waals surface area contributed by atoms with Crippen molar-refractivity contribution in [2.45, 2.75) is 26.2 Å². The molecule has 0 bridgehead atoms. The van der Waals surface area contributed by atoms with E-state index in [1.54, 1.807) is 12.1 Å². The first-order valence-corrected chi connectivity index (χ1v) is 15.4. The van der Waals surface area contributed by atoms with E-state index in [-0.39, 0.29) is 17.9 Å². The molecule has 3 aliphatic rings. The second kappa shape index (κ2) is 8.97. The van der Waals surface area contributed by atoms with Gasteiger partial charge in [-0.25, -0.2) is 4.39 Å². The number of para-hydroxylation sites is 3. The van der Waals surface area contributed by atoms with E-state index in [1.807, 2.05) is 12.1 Å². The number of benzene rings is 6. The van der Waals surface area contributed by atoms with Crippen molar-refractivity contribution < 1.29 is 4.39 Å². The van der Waals surface area contributed by atoms with Gasteiger partial charge in [0.25, 0.3) is 6.71 Å². The third kappa shape index (κ3) is 3.31. The SMILES string of the molecule is Cc1ccccc1-c1cccc2c1Nc1cc(-c3ccccc3F)cc3c1B2c1cccc2c1N3c1ccccc1C2(C)C. The molecule has 6 aromatic carbocycles. The van der Waals surface area contributed by atoms with Crippen LogP contribution in [0.1, 0.15) is 30.5 Å². The van der Waals surface area contributed by atoms with Gasteiger partial charge in [0.15, 0.2) is 0 Å². The number of nitrogens with one attached hydrogen (secondary N) is 1. The standard InChI is InChI=1S/C40H30BFN2/c1-24-12-4-5-13-26(24)28-15-10-18-31-38(28)43-34-22-25(27-14-6-8-20-33(27)42)23-36-37(34)41(31)32-19-11-17-30-39(32)44(36)35-21-9-7-16-29(35)40(30,2)3/h4-23,43H,1-3H3. The van der Waals surface area contributed by atoms with Crippen LogP contribution in [0.15, 0.2) is 121 Å². The molecule has 1 N–H and O–H groups in total. The number of nitrogens with zero attached hydrogens (tertiary/aromatic N) is 1. The summed E-state index contributed by atoms with van der Waals surface area (Å²) in [5, 5.41) is 3.90. The summed E-state index contributed by atoms with van der Waals surface area (Å²) >= 11 is 0. The number of hydrogen-bond acceptors (Lipinski definition) is 2. The minimum Gasteiger partial charge on any atom is -0.356 e. The van der Waals surface area contributed by atoms with E-state index in [2.05, 4.69) is 128 Å². The summed E-state index contributed by atoms with van der Waals surface area (Å²) < 4.78 is 15.4. The highest BCUT2D eigenvalue weighted by Gasteiger charge is 2.47. The number of fused-ring (bicyclic) bond motifs is 6. The van der Waals surface area contributed by atoms with Gasteiger partial charge in [-0.05, 0) is 75.4 Å². The first-order valence-electron chi connectivity index (χ1n) is 15.4. The van der Waals surface area contributed by atoms with Crippen LogP contribution in [0.4, 0.5) is 32.8 Å². The van der Waals surface area contributed by atoms with Crippen LogP contribution in [0.5, 0.6) is 0 Å². The Bertz CT molecular complexity index is 2180. The van der Waals surface area contributed by atoms with Gasteiger partial charge in [-0.15, -0.1) is 0 Å². The fraction of sp³-hybridized carbons (Fsp3) is 0.100. The number of aryl methyl sites for hydroxylation is 1. The van der Waals surface area contributed by atoms with Gasteiger partial charge in [-0.1, -0.05) is 111 Å². The van der Waals surface area contributed by atoms with Crippen LogP contribution in [-0.2, 0) is 5.41 Å². The average Bonchev–Trinajstić information content (AvgIpc) is 3.04. The van der Waals surface area contributed by atoms with Gasteiger partial charge in [-0.2, -0.15) is 0 Å². The minimum atomic E-state index is -0.218. The molecule has 210 valence electrons. The Morgan fingerprint density at radius 2 is 1.34 bits per heavy atom. The second-order valence-corrected chi connectivity index (χ2v) is 12.8. The van der Waals surface area contributed by atoms with Crippen LogP contribution in [-0.4, -0.2) is 6.71 Å². The van der Waals surface area contributed by atoms with Crippen molar-refractivity contribution in [1.82, 2.24) is 0 Å². The molecule has 0 saturated heterocycles. The number of rotatable bonds is 2. The van der Waals surface area contributed by atoms with Crippen LogP contribution in [0.2, 0.25) is 0 Å². The van der Waals surface area contributed by atoms with Crippen LogP contribution in [0.25, 0.3) is 22.3 Å². The van der Waals surface area contributed by atoms with E-state index >= 15 is 4.39 Å². The fourth-order valence-corrected chi connectivity index (χ4v) is 8.00. The van der Waals surface area contributed by atoms with Crippen molar-refractivity contribution in [1.29, 1.82) is 0 Å². The molecule has 6 aromatic rings. The molecular weight excluding hydrogens is 538 g/mol. The lowest BCUT2D eigenvalue weighted by molar-refractivity contribution is 0.631. The van der Waals surface area contributed by atoms with E-state index in [0.717, 1.165) is 22.6 Å². The largest absolute Gasteiger partial charge is 0.356 e.